The first-order valence-electron chi connectivity index (χ1n) is 6.27. The van der Waals surface area contributed by atoms with Gasteiger partial charge in [-0.25, -0.2) is 14.4 Å². The van der Waals surface area contributed by atoms with Crippen LogP contribution in [0.15, 0.2) is 36.5 Å². The zero-order valence-electron chi connectivity index (χ0n) is 11.4. The number of hydrogen-bond donors (Lipinski definition) is 1. The molecule has 1 heterocycles. The van der Waals surface area contributed by atoms with Gasteiger partial charge in [-0.3, -0.25) is 0 Å². The summed E-state index contributed by atoms with van der Waals surface area (Å²) in [5.41, 5.74) is 1.78. The van der Waals surface area contributed by atoms with Gasteiger partial charge in [0.15, 0.2) is 5.82 Å². The Bertz CT molecular complexity index is 544. The lowest BCUT2D eigenvalue weighted by molar-refractivity contribution is 0.421. The Kier molecular flexibility index (Phi) is 3.90. The van der Waals surface area contributed by atoms with E-state index in [1.165, 1.54) is 12.1 Å². The van der Waals surface area contributed by atoms with Gasteiger partial charge in [-0.15, -0.1) is 0 Å². The number of rotatable bonds is 3. The maximum atomic E-state index is 12.9. The van der Waals surface area contributed by atoms with Crippen LogP contribution in [-0.4, -0.2) is 15.5 Å². The highest BCUT2D eigenvalue weighted by molar-refractivity contribution is 5.54. The van der Waals surface area contributed by atoms with E-state index in [2.05, 4.69) is 36.1 Å². The first-order chi connectivity index (χ1) is 8.94. The molecule has 0 spiro atoms. The van der Waals surface area contributed by atoms with Gasteiger partial charge in [-0.05, 0) is 51.1 Å². The monoisotopic (exact) mass is 259 g/mol. The lowest BCUT2D eigenvalue weighted by Crippen LogP contribution is -2.35. The van der Waals surface area contributed by atoms with Crippen molar-refractivity contribution in [3.8, 4) is 11.4 Å². The number of benzene rings is 1. The van der Waals surface area contributed by atoms with E-state index < -0.39 is 0 Å². The van der Waals surface area contributed by atoms with Crippen molar-refractivity contribution in [2.75, 3.05) is 0 Å². The predicted molar refractivity (Wildman–Crippen MR) is 74.0 cm³/mol. The molecule has 0 amide bonds. The highest BCUT2D eigenvalue weighted by Crippen LogP contribution is 2.15. The van der Waals surface area contributed by atoms with Crippen LogP contribution in [0.5, 0.6) is 0 Å². The van der Waals surface area contributed by atoms with Crippen molar-refractivity contribution in [1.82, 2.24) is 15.3 Å². The van der Waals surface area contributed by atoms with Gasteiger partial charge in [0, 0.05) is 23.8 Å². The summed E-state index contributed by atoms with van der Waals surface area (Å²) in [6.45, 7) is 7.00. The lowest BCUT2D eigenvalue weighted by Gasteiger charge is -2.20. The van der Waals surface area contributed by atoms with Gasteiger partial charge < -0.3 is 5.32 Å². The molecule has 2 rings (SSSR count). The standard InChI is InChI=1S/C15H18FN3/c1-15(2,3)18-10-13-8-9-17-14(19-13)11-4-6-12(16)7-5-11/h4-9,18H,10H2,1-3H3. The molecule has 0 bridgehead atoms. The molecule has 0 radical (unpaired) electrons. The van der Waals surface area contributed by atoms with Crippen LogP contribution >= 0.6 is 0 Å². The minimum Gasteiger partial charge on any atom is -0.306 e. The van der Waals surface area contributed by atoms with E-state index in [0.29, 0.717) is 12.4 Å². The molecule has 19 heavy (non-hydrogen) atoms. The van der Waals surface area contributed by atoms with Crippen LogP contribution < -0.4 is 5.32 Å². The molecular formula is C15H18FN3. The summed E-state index contributed by atoms with van der Waals surface area (Å²) in [6.07, 6.45) is 1.73. The van der Waals surface area contributed by atoms with Crippen molar-refractivity contribution in [3.05, 3.63) is 48.0 Å². The van der Waals surface area contributed by atoms with Crippen molar-refractivity contribution in [3.63, 3.8) is 0 Å². The summed E-state index contributed by atoms with van der Waals surface area (Å²) in [4.78, 5) is 8.70. The maximum Gasteiger partial charge on any atom is 0.159 e. The SMILES string of the molecule is CC(C)(C)NCc1ccnc(-c2ccc(F)cc2)n1. The number of nitrogens with zero attached hydrogens (tertiary/aromatic N) is 2. The van der Waals surface area contributed by atoms with E-state index in [9.17, 15) is 4.39 Å². The molecule has 0 saturated heterocycles. The molecule has 0 fully saturated rings. The fraction of sp³-hybridized carbons (Fsp3) is 0.333. The summed E-state index contributed by atoms with van der Waals surface area (Å²) in [5.74, 6) is 0.363. The first-order valence-corrected chi connectivity index (χ1v) is 6.27. The smallest absolute Gasteiger partial charge is 0.159 e. The molecule has 0 aliphatic carbocycles. The third kappa shape index (κ3) is 4.10. The Morgan fingerprint density at radius 2 is 1.79 bits per heavy atom. The molecule has 1 aromatic carbocycles. The van der Waals surface area contributed by atoms with Crippen LogP contribution in [0, 0.1) is 5.82 Å². The number of nitrogens with one attached hydrogen (secondary N) is 1. The molecule has 4 heteroatoms. The van der Waals surface area contributed by atoms with Gasteiger partial charge in [-0.2, -0.15) is 0 Å². The molecule has 0 aliphatic heterocycles. The third-order valence-corrected chi connectivity index (χ3v) is 2.62. The third-order valence-electron chi connectivity index (χ3n) is 2.62. The highest BCUT2D eigenvalue weighted by Gasteiger charge is 2.09. The maximum absolute atomic E-state index is 12.9. The van der Waals surface area contributed by atoms with E-state index >= 15 is 0 Å². The zero-order chi connectivity index (χ0) is 13.9. The number of halogens is 1. The molecule has 1 N–H and O–H groups in total. The molecule has 100 valence electrons. The molecule has 3 nitrogen and oxygen atoms in total. The largest absolute Gasteiger partial charge is 0.306 e. The summed E-state index contributed by atoms with van der Waals surface area (Å²) < 4.78 is 12.9. The second-order valence-corrected chi connectivity index (χ2v) is 5.48. The Morgan fingerprint density at radius 1 is 1.11 bits per heavy atom. The van der Waals surface area contributed by atoms with Crippen LogP contribution in [0.25, 0.3) is 11.4 Å². The normalized spacial score (nSPS) is 11.6. The van der Waals surface area contributed by atoms with Gasteiger partial charge in [0.25, 0.3) is 0 Å². The van der Waals surface area contributed by atoms with Crippen LogP contribution in [0.3, 0.4) is 0 Å². The van der Waals surface area contributed by atoms with Gasteiger partial charge >= 0.3 is 0 Å². The quantitative estimate of drug-likeness (QED) is 0.920. The minimum absolute atomic E-state index is 0.0426. The average molecular weight is 259 g/mol. The second-order valence-electron chi connectivity index (χ2n) is 5.48. The van der Waals surface area contributed by atoms with Gasteiger partial charge in [0.05, 0.1) is 5.69 Å². The first kappa shape index (κ1) is 13.6. The Hall–Kier alpha value is -1.81. The fourth-order valence-corrected chi connectivity index (χ4v) is 1.59. The Balaban J connectivity index is 2.17. The minimum atomic E-state index is -0.255. The van der Waals surface area contributed by atoms with E-state index in [4.69, 9.17) is 0 Å². The van der Waals surface area contributed by atoms with Crippen LogP contribution in [0.4, 0.5) is 4.39 Å². The summed E-state index contributed by atoms with van der Waals surface area (Å²) in [6, 6.07) is 8.08. The molecule has 0 saturated carbocycles. The van der Waals surface area contributed by atoms with Gasteiger partial charge in [-0.1, -0.05) is 0 Å². The molecular weight excluding hydrogens is 241 g/mol. The summed E-state index contributed by atoms with van der Waals surface area (Å²) in [5, 5.41) is 3.38. The number of aromatic nitrogens is 2. The van der Waals surface area contributed by atoms with Gasteiger partial charge in [0.2, 0.25) is 0 Å². The van der Waals surface area contributed by atoms with Crippen molar-refractivity contribution in [1.29, 1.82) is 0 Å². The van der Waals surface area contributed by atoms with Crippen molar-refractivity contribution >= 4 is 0 Å². The molecule has 1 aromatic heterocycles. The van der Waals surface area contributed by atoms with Crippen LogP contribution in [-0.2, 0) is 6.54 Å². The summed E-state index contributed by atoms with van der Waals surface area (Å²) >= 11 is 0. The van der Waals surface area contributed by atoms with Crippen molar-refractivity contribution < 1.29 is 4.39 Å². The average Bonchev–Trinajstić information content (AvgIpc) is 2.37. The van der Waals surface area contributed by atoms with E-state index in [1.807, 2.05) is 6.07 Å². The molecule has 0 unspecified atom stereocenters. The Morgan fingerprint density at radius 3 is 2.42 bits per heavy atom. The van der Waals surface area contributed by atoms with Crippen LogP contribution in [0.2, 0.25) is 0 Å². The van der Waals surface area contributed by atoms with Crippen molar-refractivity contribution in [2.24, 2.45) is 0 Å². The van der Waals surface area contributed by atoms with Crippen molar-refractivity contribution in [2.45, 2.75) is 32.9 Å². The molecule has 0 atom stereocenters. The second kappa shape index (κ2) is 5.45. The summed E-state index contributed by atoms with van der Waals surface area (Å²) in [7, 11) is 0. The Labute approximate surface area is 112 Å². The van der Waals surface area contributed by atoms with Crippen LogP contribution in [0.1, 0.15) is 26.5 Å². The zero-order valence-corrected chi connectivity index (χ0v) is 11.4. The lowest BCUT2D eigenvalue weighted by atomic mass is 10.1. The topological polar surface area (TPSA) is 37.8 Å². The highest BCUT2D eigenvalue weighted by atomic mass is 19.1. The van der Waals surface area contributed by atoms with E-state index in [-0.39, 0.29) is 11.4 Å². The molecule has 0 aliphatic rings. The van der Waals surface area contributed by atoms with Gasteiger partial charge in [0.1, 0.15) is 5.82 Å². The fourth-order valence-electron chi connectivity index (χ4n) is 1.59. The van der Waals surface area contributed by atoms with E-state index in [1.54, 1.807) is 18.3 Å². The molecule has 2 aromatic rings. The predicted octanol–water partition coefficient (Wildman–Crippen LogP) is 3.17. The number of hydrogen-bond acceptors (Lipinski definition) is 3. The van der Waals surface area contributed by atoms with E-state index in [0.717, 1.165) is 11.3 Å².